The molecule has 2 N–H and O–H groups in total. The van der Waals surface area contributed by atoms with Crippen LogP contribution in [0, 0.1) is 17.3 Å². The molecule has 1 aromatic carbocycles. The van der Waals surface area contributed by atoms with E-state index in [0.717, 1.165) is 37.9 Å². The number of hydrogen-bond acceptors (Lipinski definition) is 9. The molecule has 5 fully saturated rings. The number of phenolic OH excluding ortho intramolecular Hbond substituents is 1. The van der Waals surface area contributed by atoms with Crippen LogP contribution in [0.2, 0.25) is 0 Å². The van der Waals surface area contributed by atoms with Crippen LogP contribution in [-0.2, 0) is 20.7 Å². The molecule has 0 aromatic heterocycles. The predicted molar refractivity (Wildman–Crippen MR) is 229 cm³/mol. The average Bonchev–Trinajstić information content (AvgIpc) is 3.45. The number of hydrogen-bond donors (Lipinski definition) is 2. The SMILES string of the molecule is CC(C)=CCCC1(C)C=Cc2c(O)c3c(c(CC=C(C)C)c2O1)OC12C(=CC45CC4C(O)C1(C/C=C(/C)C(=O)N1CCN(CC(=O)N4CCCC4)CC1)OC(C)(C)C52)C3=O. The second-order valence-corrected chi connectivity index (χ2v) is 20.2. The summed E-state index contributed by atoms with van der Waals surface area (Å²) in [7, 11) is 0. The van der Waals surface area contributed by atoms with Gasteiger partial charge in [-0.25, -0.2) is 0 Å². The van der Waals surface area contributed by atoms with Crippen LogP contribution in [0.15, 0.2) is 52.7 Å². The normalized spacial score (nSPS) is 34.1. The van der Waals surface area contributed by atoms with Gasteiger partial charge < -0.3 is 34.2 Å². The lowest BCUT2D eigenvalue weighted by atomic mass is 9.58. The van der Waals surface area contributed by atoms with E-state index in [0.29, 0.717) is 80.0 Å². The van der Waals surface area contributed by atoms with Crippen LogP contribution in [0.25, 0.3) is 6.08 Å². The molecule has 11 nitrogen and oxygen atoms in total. The van der Waals surface area contributed by atoms with E-state index in [-0.39, 0.29) is 52.9 Å². The molecular weight excluding hydrogens is 759 g/mol. The number of piperazine rings is 1. The monoisotopic (exact) mass is 821 g/mol. The molecule has 5 heterocycles. The highest BCUT2D eigenvalue weighted by Gasteiger charge is 2.91. The average molecular weight is 822 g/mol. The maximum absolute atomic E-state index is 15.3. The number of nitrogens with zero attached hydrogens (tertiary/aromatic N) is 3. The molecular formula is C49H63N3O8. The third-order valence-electron chi connectivity index (χ3n) is 15.1. The Hall–Kier alpha value is -4.19. The molecule has 2 spiro atoms. The summed E-state index contributed by atoms with van der Waals surface area (Å²) in [4.78, 5) is 48.1. The zero-order valence-electron chi connectivity index (χ0n) is 36.8. The van der Waals surface area contributed by atoms with Gasteiger partial charge in [-0.2, -0.15) is 0 Å². The Morgan fingerprint density at radius 1 is 0.900 bits per heavy atom. The van der Waals surface area contributed by atoms with E-state index in [1.54, 1.807) is 0 Å². The maximum Gasteiger partial charge on any atom is 0.249 e. The van der Waals surface area contributed by atoms with Crippen LogP contribution in [0.5, 0.6) is 17.2 Å². The lowest BCUT2D eigenvalue weighted by Gasteiger charge is -2.52. The summed E-state index contributed by atoms with van der Waals surface area (Å²) in [6.07, 6.45) is 16.0. The molecule has 9 rings (SSSR count). The van der Waals surface area contributed by atoms with Crippen LogP contribution in [0.3, 0.4) is 0 Å². The van der Waals surface area contributed by atoms with Gasteiger partial charge in [0.2, 0.25) is 11.8 Å². The fraction of sp³-hybridized carbons (Fsp3) is 0.612. The minimum atomic E-state index is -1.41. The van der Waals surface area contributed by atoms with E-state index in [2.05, 4.69) is 37.0 Å². The van der Waals surface area contributed by atoms with Crippen molar-refractivity contribution in [3.8, 4) is 17.2 Å². The van der Waals surface area contributed by atoms with Gasteiger partial charge in [0.15, 0.2) is 11.4 Å². The van der Waals surface area contributed by atoms with Crippen molar-refractivity contribution in [2.24, 2.45) is 17.3 Å². The quantitative estimate of drug-likeness (QED) is 0.196. The molecule has 5 aliphatic heterocycles. The van der Waals surface area contributed by atoms with Crippen molar-refractivity contribution in [3.63, 3.8) is 0 Å². The van der Waals surface area contributed by atoms with Crippen molar-refractivity contribution in [2.75, 3.05) is 45.8 Å². The molecule has 7 atom stereocenters. The lowest BCUT2D eigenvalue weighted by molar-refractivity contribution is -0.191. The number of amides is 2. The van der Waals surface area contributed by atoms with Gasteiger partial charge in [-0.3, -0.25) is 19.3 Å². The Bertz CT molecular complexity index is 2200. The standard InChI is InChI=1S/C49H63N3O8/c1-29(2)12-11-17-46(8)18-16-32-38(54)37-39(55)34-26-47-27-35(47)42(56)48(19-15-31(5)43(57)52-24-22-50(23-25-52)28-36(53)51-20-9-10-21-51)49(34,44(47)45(6,7)60-48)59-41(37)33(40(32)58-46)14-13-30(3)4/h12-13,15-16,18,26,35,42,44,54,56H,9-11,14,17,19-25,27-28H2,1-8H3/b31-15-. The largest absolute Gasteiger partial charge is 0.506 e. The number of carbonyl (C=O) groups excluding carboxylic acids is 3. The number of ether oxygens (including phenoxy) is 3. The van der Waals surface area contributed by atoms with Gasteiger partial charge in [-0.05, 0) is 112 Å². The summed E-state index contributed by atoms with van der Waals surface area (Å²) >= 11 is 0. The van der Waals surface area contributed by atoms with Crippen molar-refractivity contribution in [2.45, 2.75) is 129 Å². The summed E-state index contributed by atoms with van der Waals surface area (Å²) < 4.78 is 21.6. The van der Waals surface area contributed by atoms with Gasteiger partial charge >= 0.3 is 0 Å². The van der Waals surface area contributed by atoms with Crippen molar-refractivity contribution >= 4 is 23.7 Å². The van der Waals surface area contributed by atoms with Gasteiger partial charge in [0, 0.05) is 73.7 Å². The smallest absolute Gasteiger partial charge is 0.249 e. The summed E-state index contributed by atoms with van der Waals surface area (Å²) in [5, 5.41) is 24.7. The second kappa shape index (κ2) is 14.2. The van der Waals surface area contributed by atoms with Crippen molar-refractivity contribution in [3.05, 3.63) is 69.4 Å². The molecule has 322 valence electrons. The molecule has 4 bridgehead atoms. The molecule has 11 heteroatoms. The van der Waals surface area contributed by atoms with Crippen molar-refractivity contribution < 1.29 is 38.8 Å². The fourth-order valence-electron chi connectivity index (χ4n) is 12.3. The second-order valence-electron chi connectivity index (χ2n) is 20.2. The summed E-state index contributed by atoms with van der Waals surface area (Å²) in [5.74, 6) is -0.0830. The van der Waals surface area contributed by atoms with Crippen molar-refractivity contribution in [1.29, 1.82) is 0 Å². The van der Waals surface area contributed by atoms with E-state index < -0.39 is 33.9 Å². The van der Waals surface area contributed by atoms with E-state index >= 15 is 4.79 Å². The molecule has 2 amide bonds. The number of carbonyl (C=O) groups is 3. The number of benzene rings is 1. The number of aliphatic hydroxyl groups is 1. The highest BCUT2D eigenvalue weighted by atomic mass is 16.6. The molecule has 0 radical (unpaired) electrons. The Morgan fingerprint density at radius 2 is 1.60 bits per heavy atom. The predicted octanol–water partition coefficient (Wildman–Crippen LogP) is 6.71. The van der Waals surface area contributed by atoms with Gasteiger partial charge in [0.05, 0.1) is 23.8 Å². The molecule has 2 saturated carbocycles. The van der Waals surface area contributed by atoms with Gasteiger partial charge in [-0.1, -0.05) is 35.5 Å². The van der Waals surface area contributed by atoms with Gasteiger partial charge in [0.25, 0.3) is 0 Å². The molecule has 3 saturated heterocycles. The molecule has 60 heavy (non-hydrogen) atoms. The highest BCUT2D eigenvalue weighted by molar-refractivity contribution is 6.17. The number of fused-ring (bicyclic) bond motifs is 2. The van der Waals surface area contributed by atoms with Crippen LogP contribution in [-0.4, -0.2) is 117 Å². The summed E-state index contributed by atoms with van der Waals surface area (Å²) in [5.41, 5.74) is -0.236. The van der Waals surface area contributed by atoms with Crippen LogP contribution in [0.1, 0.15) is 115 Å². The Kier molecular flexibility index (Phi) is 9.73. The molecule has 7 unspecified atom stereocenters. The first kappa shape index (κ1) is 41.2. The van der Waals surface area contributed by atoms with Gasteiger partial charge in [0.1, 0.15) is 34.0 Å². The third-order valence-corrected chi connectivity index (χ3v) is 15.1. The van der Waals surface area contributed by atoms with E-state index in [1.165, 1.54) is 5.57 Å². The van der Waals surface area contributed by atoms with Crippen molar-refractivity contribution in [1.82, 2.24) is 14.7 Å². The zero-order chi connectivity index (χ0) is 42.7. The number of aromatic hydroxyl groups is 1. The number of phenols is 1. The minimum Gasteiger partial charge on any atom is -0.506 e. The first-order valence-corrected chi connectivity index (χ1v) is 22.3. The Balaban J connectivity index is 1.07. The third kappa shape index (κ3) is 6.03. The summed E-state index contributed by atoms with van der Waals surface area (Å²) in [6, 6.07) is 0. The summed E-state index contributed by atoms with van der Waals surface area (Å²) in [6.45, 7) is 20.4. The number of Topliss-reactive ketones (excluding diaryl/α,β-unsaturated/α-hetero) is 1. The highest BCUT2D eigenvalue weighted by Crippen LogP contribution is 2.83. The maximum atomic E-state index is 15.3. The number of allylic oxidation sites excluding steroid dienone is 5. The fourth-order valence-corrected chi connectivity index (χ4v) is 12.3. The molecule has 8 aliphatic rings. The topological polar surface area (TPSA) is 129 Å². The minimum absolute atomic E-state index is 0.0964. The lowest BCUT2D eigenvalue weighted by Crippen LogP contribution is -2.69. The van der Waals surface area contributed by atoms with Gasteiger partial charge in [-0.15, -0.1) is 0 Å². The Labute approximate surface area is 354 Å². The number of aliphatic hydroxyl groups excluding tert-OH is 1. The van der Waals surface area contributed by atoms with E-state index in [1.807, 2.05) is 69.6 Å². The first-order valence-electron chi connectivity index (χ1n) is 22.3. The molecule has 3 aliphatic carbocycles. The van der Waals surface area contributed by atoms with E-state index in [9.17, 15) is 19.8 Å². The first-order chi connectivity index (χ1) is 28.4. The van der Waals surface area contributed by atoms with Crippen LogP contribution < -0.4 is 9.47 Å². The van der Waals surface area contributed by atoms with E-state index in [4.69, 9.17) is 14.2 Å². The number of likely N-dealkylation sites (tertiary alicyclic amines) is 1. The van der Waals surface area contributed by atoms with Crippen LogP contribution in [0.4, 0.5) is 0 Å². The van der Waals surface area contributed by atoms with Crippen LogP contribution >= 0.6 is 0 Å². The number of rotatable bonds is 10. The Morgan fingerprint density at radius 3 is 2.28 bits per heavy atom. The zero-order valence-corrected chi connectivity index (χ0v) is 36.8. The number of ketones is 1. The molecule has 1 aromatic rings.